The zero-order valence-corrected chi connectivity index (χ0v) is 22.2. The Hall–Kier alpha value is -3.11. The third-order valence-corrected chi connectivity index (χ3v) is 7.39. The molecule has 0 aliphatic carbocycles. The highest BCUT2D eigenvalue weighted by atomic mass is 35.5. The summed E-state index contributed by atoms with van der Waals surface area (Å²) in [4.78, 5) is 15.5. The van der Waals surface area contributed by atoms with Crippen molar-refractivity contribution in [1.29, 1.82) is 0 Å². The van der Waals surface area contributed by atoms with Crippen molar-refractivity contribution in [3.05, 3.63) is 65.1 Å². The number of ether oxygens (including phenoxy) is 3. The van der Waals surface area contributed by atoms with Gasteiger partial charge in [-0.05, 0) is 30.3 Å². The van der Waals surface area contributed by atoms with Crippen LogP contribution in [0.1, 0.15) is 6.04 Å². The minimum absolute atomic E-state index is 0.0104. The lowest BCUT2D eigenvalue weighted by Crippen LogP contribution is -2.63. The van der Waals surface area contributed by atoms with E-state index in [1.807, 2.05) is 0 Å². The number of hydrogen-bond donors (Lipinski definition) is 3. The van der Waals surface area contributed by atoms with E-state index in [4.69, 9.17) is 25.8 Å². The van der Waals surface area contributed by atoms with Gasteiger partial charge in [-0.1, -0.05) is 22.9 Å². The second kappa shape index (κ2) is 12.0. The van der Waals surface area contributed by atoms with Crippen LogP contribution in [0.4, 0.5) is 18.9 Å². The van der Waals surface area contributed by atoms with E-state index < -0.39 is 72.6 Å². The molecule has 5 rings (SSSR count). The predicted molar refractivity (Wildman–Crippen MR) is 136 cm³/mol. The molecule has 15 heteroatoms. The molecule has 3 aromatic rings. The van der Waals surface area contributed by atoms with Crippen LogP contribution in [0.15, 0.2) is 42.6 Å². The van der Waals surface area contributed by atoms with Crippen molar-refractivity contribution < 1.29 is 47.5 Å². The second-order valence-electron chi connectivity index (χ2n) is 9.66. The molecule has 0 saturated carbocycles. The molecule has 41 heavy (non-hydrogen) atoms. The van der Waals surface area contributed by atoms with Crippen molar-refractivity contribution in [3.8, 4) is 11.3 Å². The van der Waals surface area contributed by atoms with E-state index in [2.05, 4.69) is 10.3 Å². The van der Waals surface area contributed by atoms with E-state index >= 15 is 0 Å². The first kappa shape index (κ1) is 29.4. The van der Waals surface area contributed by atoms with E-state index in [1.54, 1.807) is 18.2 Å². The maximum absolute atomic E-state index is 14.2. The fourth-order valence-corrected chi connectivity index (χ4v) is 5.33. The molecule has 0 radical (unpaired) electrons. The van der Waals surface area contributed by atoms with Crippen LogP contribution in [0.5, 0.6) is 0 Å². The lowest BCUT2D eigenvalue weighted by molar-refractivity contribution is -0.211. The Bertz CT molecular complexity index is 1390. The van der Waals surface area contributed by atoms with Gasteiger partial charge in [0.05, 0.1) is 32.1 Å². The SMILES string of the molecule is CO[C@@H]1[C@@H](n2cc(-c3cc(F)c(F)c(F)c3)nn2)[C@@H](O)[C@@H](CO)O[C@H]1C(=O)N(c1cccc(Cl)c1)[C@H]1COC[C@@H]1O. The average molecular weight is 599 g/mol. The average Bonchev–Trinajstić information content (AvgIpc) is 3.61. The number of amides is 1. The van der Waals surface area contributed by atoms with E-state index in [-0.39, 0.29) is 24.5 Å². The molecule has 0 bridgehead atoms. The van der Waals surface area contributed by atoms with Crippen LogP contribution in [0, 0.1) is 17.5 Å². The highest BCUT2D eigenvalue weighted by Crippen LogP contribution is 2.36. The van der Waals surface area contributed by atoms with Crippen molar-refractivity contribution in [3.63, 3.8) is 0 Å². The first-order valence-electron chi connectivity index (χ1n) is 12.5. The highest BCUT2D eigenvalue weighted by Gasteiger charge is 2.52. The molecule has 0 unspecified atom stereocenters. The van der Waals surface area contributed by atoms with Gasteiger partial charge in [-0.3, -0.25) is 4.79 Å². The first-order valence-corrected chi connectivity index (χ1v) is 12.9. The number of hydrogen-bond acceptors (Lipinski definition) is 9. The number of carbonyl (C=O) groups is 1. The molecule has 220 valence electrons. The summed E-state index contributed by atoms with van der Waals surface area (Å²) >= 11 is 6.19. The Balaban J connectivity index is 1.53. The summed E-state index contributed by atoms with van der Waals surface area (Å²) in [5.74, 6) is -5.19. The van der Waals surface area contributed by atoms with Crippen LogP contribution in [0.3, 0.4) is 0 Å². The molecule has 7 atom stereocenters. The van der Waals surface area contributed by atoms with Crippen LogP contribution >= 0.6 is 11.6 Å². The quantitative estimate of drug-likeness (QED) is 0.345. The van der Waals surface area contributed by atoms with E-state index in [0.29, 0.717) is 10.7 Å². The summed E-state index contributed by atoms with van der Waals surface area (Å²) in [6.45, 7) is -0.697. The number of benzene rings is 2. The van der Waals surface area contributed by atoms with Gasteiger partial charge in [0.1, 0.15) is 36.2 Å². The Labute approximate surface area is 236 Å². The van der Waals surface area contributed by atoms with Crippen LogP contribution in [0.25, 0.3) is 11.3 Å². The fraction of sp³-hybridized carbons (Fsp3) is 0.423. The number of rotatable bonds is 7. The third kappa shape index (κ3) is 5.56. The number of aliphatic hydroxyl groups excluding tert-OH is 3. The van der Waals surface area contributed by atoms with Crippen LogP contribution in [-0.4, -0.2) is 99.7 Å². The third-order valence-electron chi connectivity index (χ3n) is 7.15. The lowest BCUT2D eigenvalue weighted by atomic mass is 9.91. The van der Waals surface area contributed by atoms with Crippen LogP contribution in [0.2, 0.25) is 5.02 Å². The number of halogens is 4. The van der Waals surface area contributed by atoms with Crippen molar-refractivity contribution in [2.45, 2.75) is 42.6 Å². The molecule has 1 aromatic heterocycles. The van der Waals surface area contributed by atoms with E-state index in [0.717, 1.165) is 16.8 Å². The largest absolute Gasteiger partial charge is 0.394 e. The summed E-state index contributed by atoms with van der Waals surface area (Å²) in [5.41, 5.74) is 0.144. The van der Waals surface area contributed by atoms with Crippen molar-refractivity contribution in [2.24, 2.45) is 0 Å². The summed E-state index contributed by atoms with van der Waals surface area (Å²) in [6, 6.07) is 5.83. The molecular formula is C26H26ClF3N4O7. The van der Waals surface area contributed by atoms with Crippen LogP contribution in [-0.2, 0) is 19.0 Å². The molecule has 11 nitrogen and oxygen atoms in total. The first-order chi connectivity index (χ1) is 19.6. The number of carbonyl (C=O) groups excluding carboxylic acids is 1. The van der Waals surface area contributed by atoms with Gasteiger partial charge in [0.2, 0.25) is 0 Å². The zero-order chi connectivity index (χ0) is 29.4. The summed E-state index contributed by atoms with van der Waals surface area (Å²) in [7, 11) is 1.27. The molecule has 3 heterocycles. The maximum atomic E-state index is 14.2. The predicted octanol–water partition coefficient (Wildman–Crippen LogP) is 1.49. The van der Waals surface area contributed by atoms with E-state index in [9.17, 15) is 33.3 Å². The zero-order valence-electron chi connectivity index (χ0n) is 21.5. The number of aliphatic hydroxyl groups is 3. The smallest absolute Gasteiger partial charge is 0.259 e. The van der Waals surface area contributed by atoms with Gasteiger partial charge in [-0.25, -0.2) is 17.9 Å². The summed E-state index contributed by atoms with van der Waals surface area (Å²) < 4.78 is 59.2. The number of aromatic nitrogens is 3. The number of nitrogens with zero attached hydrogens (tertiary/aromatic N) is 4. The second-order valence-corrected chi connectivity index (χ2v) is 10.1. The van der Waals surface area contributed by atoms with Gasteiger partial charge in [0, 0.05) is 23.4 Å². The molecular weight excluding hydrogens is 573 g/mol. The molecule has 2 aliphatic rings. The number of methoxy groups -OCH3 is 1. The van der Waals surface area contributed by atoms with Gasteiger partial charge in [-0.2, -0.15) is 0 Å². The molecule has 2 aromatic carbocycles. The number of anilines is 1. The molecule has 1 amide bonds. The summed E-state index contributed by atoms with van der Waals surface area (Å²) in [5, 5.41) is 39.9. The topological polar surface area (TPSA) is 139 Å². The normalized spacial score (nSPS) is 28.1. The monoisotopic (exact) mass is 598 g/mol. The van der Waals surface area contributed by atoms with Gasteiger partial charge >= 0.3 is 0 Å². The van der Waals surface area contributed by atoms with Crippen molar-refractivity contribution >= 4 is 23.2 Å². The Morgan fingerprint density at radius 1 is 1.20 bits per heavy atom. The maximum Gasteiger partial charge on any atom is 0.259 e. The van der Waals surface area contributed by atoms with Crippen molar-refractivity contribution in [1.82, 2.24) is 15.0 Å². The van der Waals surface area contributed by atoms with Crippen LogP contribution < -0.4 is 4.90 Å². The Morgan fingerprint density at radius 2 is 1.93 bits per heavy atom. The molecule has 2 fully saturated rings. The fourth-order valence-electron chi connectivity index (χ4n) is 5.14. The molecule has 2 aliphatic heterocycles. The minimum atomic E-state index is -1.64. The lowest BCUT2D eigenvalue weighted by Gasteiger charge is -2.45. The van der Waals surface area contributed by atoms with Crippen molar-refractivity contribution in [2.75, 3.05) is 31.8 Å². The molecule has 0 spiro atoms. The highest BCUT2D eigenvalue weighted by molar-refractivity contribution is 6.31. The standard InChI is InChI=1S/C26H26ClF3N4O7/c1-39-24-22(33-8-17(31-32-33)12-5-15(28)21(30)16(29)6-12)23(37)20(9-35)41-25(24)26(38)34(18-10-40-11-19(18)36)14-4-2-3-13(27)7-14/h2-8,18-20,22-25,35-37H,9-11H2,1H3/t18-,19-,20+,22-,23-,24+,25+/m0/s1. The Kier molecular flexibility index (Phi) is 8.61. The molecule has 2 saturated heterocycles. The van der Waals surface area contributed by atoms with Gasteiger partial charge in [0.15, 0.2) is 23.6 Å². The molecule has 3 N–H and O–H groups in total. The minimum Gasteiger partial charge on any atom is -0.394 e. The Morgan fingerprint density at radius 3 is 2.54 bits per heavy atom. The van der Waals surface area contributed by atoms with Gasteiger partial charge in [-0.15, -0.1) is 5.10 Å². The van der Waals surface area contributed by atoms with Gasteiger partial charge < -0.3 is 34.4 Å². The summed E-state index contributed by atoms with van der Waals surface area (Å²) in [6.07, 6.45) is -5.27. The van der Waals surface area contributed by atoms with E-state index in [1.165, 1.54) is 24.3 Å². The van der Waals surface area contributed by atoms with Gasteiger partial charge in [0.25, 0.3) is 5.91 Å².